The van der Waals surface area contributed by atoms with Crippen molar-refractivity contribution in [3.63, 3.8) is 0 Å². The molecule has 2 heterocycles. The molecule has 1 saturated heterocycles. The van der Waals surface area contributed by atoms with Crippen molar-refractivity contribution in [2.24, 2.45) is 0 Å². The summed E-state index contributed by atoms with van der Waals surface area (Å²) in [6.07, 6.45) is 4.00. The fourth-order valence-electron chi connectivity index (χ4n) is 3.71. The number of rotatable bonds is 8. The smallest absolute Gasteiger partial charge is 0.270 e. The van der Waals surface area contributed by atoms with Gasteiger partial charge in [0.1, 0.15) is 5.69 Å². The molecule has 8 heteroatoms. The standard InChI is InChI=1S/C22H30N4O3S/c1-4-26(5-2)30(28,29)20-10-8-18(9-11-20)17(3)24-22(27)21-16-19(12-13-23-21)25-14-6-7-15-25/h8-13,16-17H,4-7,14-15H2,1-3H3,(H,24,27). The topological polar surface area (TPSA) is 82.6 Å². The van der Waals surface area contributed by atoms with E-state index < -0.39 is 10.0 Å². The van der Waals surface area contributed by atoms with E-state index in [0.29, 0.717) is 18.8 Å². The quantitative estimate of drug-likeness (QED) is 0.695. The van der Waals surface area contributed by atoms with Crippen LogP contribution in [0, 0.1) is 0 Å². The number of carbonyl (C=O) groups excluding carboxylic acids is 1. The largest absolute Gasteiger partial charge is 0.371 e. The molecular formula is C22H30N4O3S. The van der Waals surface area contributed by atoms with Gasteiger partial charge in [-0.25, -0.2) is 8.42 Å². The number of carbonyl (C=O) groups is 1. The second kappa shape index (κ2) is 9.57. The third kappa shape index (κ3) is 4.82. The van der Waals surface area contributed by atoms with Crippen LogP contribution in [-0.4, -0.2) is 49.8 Å². The highest BCUT2D eigenvalue weighted by Gasteiger charge is 2.22. The summed E-state index contributed by atoms with van der Waals surface area (Å²) in [5, 5.41) is 2.95. The molecular weight excluding hydrogens is 400 g/mol. The Labute approximate surface area is 179 Å². The first-order valence-corrected chi connectivity index (χ1v) is 11.9. The Balaban J connectivity index is 1.69. The average molecular weight is 431 g/mol. The lowest BCUT2D eigenvalue weighted by Gasteiger charge is -2.20. The molecule has 0 aliphatic carbocycles. The molecule has 0 bridgehead atoms. The van der Waals surface area contributed by atoms with Crippen LogP contribution in [0.15, 0.2) is 47.5 Å². The molecule has 1 atom stereocenters. The molecule has 1 aliphatic heterocycles. The van der Waals surface area contributed by atoms with Crippen molar-refractivity contribution < 1.29 is 13.2 Å². The van der Waals surface area contributed by atoms with Gasteiger partial charge in [0, 0.05) is 38.1 Å². The normalized spacial score (nSPS) is 15.4. The van der Waals surface area contributed by atoms with Crippen LogP contribution in [0.5, 0.6) is 0 Å². The van der Waals surface area contributed by atoms with Gasteiger partial charge in [-0.3, -0.25) is 9.78 Å². The zero-order chi connectivity index (χ0) is 21.7. The summed E-state index contributed by atoms with van der Waals surface area (Å²) in [6.45, 7) is 8.37. The number of hydrogen-bond acceptors (Lipinski definition) is 5. The van der Waals surface area contributed by atoms with E-state index in [-0.39, 0.29) is 16.8 Å². The Morgan fingerprint density at radius 3 is 2.37 bits per heavy atom. The molecule has 0 saturated carbocycles. The second-order valence-corrected chi connectivity index (χ2v) is 9.38. The summed E-state index contributed by atoms with van der Waals surface area (Å²) >= 11 is 0. The maximum Gasteiger partial charge on any atom is 0.270 e. The van der Waals surface area contributed by atoms with Crippen LogP contribution in [-0.2, 0) is 10.0 Å². The predicted molar refractivity (Wildman–Crippen MR) is 118 cm³/mol. The van der Waals surface area contributed by atoms with Crippen molar-refractivity contribution in [1.82, 2.24) is 14.6 Å². The van der Waals surface area contributed by atoms with Gasteiger partial charge in [0.15, 0.2) is 0 Å². The summed E-state index contributed by atoms with van der Waals surface area (Å²) in [5.74, 6) is -0.247. The number of benzene rings is 1. The molecule has 7 nitrogen and oxygen atoms in total. The predicted octanol–water partition coefficient (Wildman–Crippen LogP) is 3.20. The van der Waals surface area contributed by atoms with Crippen LogP contribution in [0.1, 0.15) is 55.7 Å². The Hall–Kier alpha value is -2.45. The number of nitrogens with one attached hydrogen (secondary N) is 1. The van der Waals surface area contributed by atoms with Gasteiger partial charge in [0.2, 0.25) is 10.0 Å². The molecule has 0 radical (unpaired) electrons. The molecule has 3 rings (SSSR count). The minimum absolute atomic E-state index is 0.247. The van der Waals surface area contributed by atoms with Crippen LogP contribution in [0.2, 0.25) is 0 Å². The number of amides is 1. The number of aromatic nitrogens is 1. The number of nitrogens with zero attached hydrogens (tertiary/aromatic N) is 3. The van der Waals surface area contributed by atoms with E-state index in [1.54, 1.807) is 30.5 Å². The van der Waals surface area contributed by atoms with Gasteiger partial charge in [0.25, 0.3) is 5.91 Å². The van der Waals surface area contributed by atoms with Gasteiger partial charge in [0.05, 0.1) is 10.9 Å². The van der Waals surface area contributed by atoms with Gasteiger partial charge in [-0.2, -0.15) is 4.31 Å². The molecule has 1 amide bonds. The maximum atomic E-state index is 12.7. The first-order valence-electron chi connectivity index (χ1n) is 10.5. The van der Waals surface area contributed by atoms with Gasteiger partial charge in [-0.15, -0.1) is 0 Å². The highest BCUT2D eigenvalue weighted by atomic mass is 32.2. The highest BCUT2D eigenvalue weighted by Crippen LogP contribution is 2.22. The average Bonchev–Trinajstić information content (AvgIpc) is 3.29. The van der Waals surface area contributed by atoms with Crippen molar-refractivity contribution in [3.8, 4) is 0 Å². The van der Waals surface area contributed by atoms with E-state index in [1.807, 2.05) is 32.9 Å². The van der Waals surface area contributed by atoms with Crippen LogP contribution in [0.25, 0.3) is 0 Å². The molecule has 2 aromatic rings. The summed E-state index contributed by atoms with van der Waals surface area (Å²) in [7, 11) is -3.49. The molecule has 1 unspecified atom stereocenters. The lowest BCUT2D eigenvalue weighted by molar-refractivity contribution is 0.0935. The van der Waals surface area contributed by atoms with Crippen molar-refractivity contribution >= 4 is 21.6 Å². The summed E-state index contributed by atoms with van der Waals surface area (Å²) in [5.41, 5.74) is 2.23. The number of pyridine rings is 1. The van der Waals surface area contributed by atoms with Crippen LogP contribution in [0.3, 0.4) is 0 Å². The summed E-state index contributed by atoms with van der Waals surface area (Å²) in [6, 6.07) is 10.2. The van der Waals surface area contributed by atoms with Crippen molar-refractivity contribution in [1.29, 1.82) is 0 Å². The van der Waals surface area contributed by atoms with Gasteiger partial charge in [-0.1, -0.05) is 26.0 Å². The fraction of sp³-hybridized carbons (Fsp3) is 0.455. The zero-order valence-electron chi connectivity index (χ0n) is 17.8. The molecule has 1 aromatic heterocycles. The molecule has 30 heavy (non-hydrogen) atoms. The third-order valence-electron chi connectivity index (χ3n) is 5.52. The first kappa shape index (κ1) is 22.2. The summed E-state index contributed by atoms with van der Waals surface area (Å²) < 4.78 is 26.7. The number of anilines is 1. The third-order valence-corrected chi connectivity index (χ3v) is 7.58. The minimum atomic E-state index is -3.49. The number of sulfonamides is 1. The van der Waals surface area contributed by atoms with Gasteiger partial charge >= 0.3 is 0 Å². The molecule has 1 aliphatic rings. The van der Waals surface area contributed by atoms with Crippen LogP contribution in [0.4, 0.5) is 5.69 Å². The van der Waals surface area contributed by atoms with E-state index in [0.717, 1.165) is 24.3 Å². The van der Waals surface area contributed by atoms with Gasteiger partial charge in [-0.05, 0) is 49.6 Å². The van der Waals surface area contributed by atoms with Crippen molar-refractivity contribution in [2.75, 3.05) is 31.1 Å². The number of hydrogen-bond donors (Lipinski definition) is 1. The second-order valence-electron chi connectivity index (χ2n) is 7.45. The van der Waals surface area contributed by atoms with E-state index in [1.165, 1.54) is 17.1 Å². The van der Waals surface area contributed by atoms with E-state index >= 15 is 0 Å². The molecule has 1 fully saturated rings. The van der Waals surface area contributed by atoms with Crippen LogP contribution >= 0.6 is 0 Å². The lowest BCUT2D eigenvalue weighted by Crippen LogP contribution is -2.30. The Morgan fingerprint density at radius 2 is 1.77 bits per heavy atom. The molecule has 1 aromatic carbocycles. The van der Waals surface area contributed by atoms with Crippen molar-refractivity contribution in [3.05, 3.63) is 53.9 Å². The van der Waals surface area contributed by atoms with Gasteiger partial charge < -0.3 is 10.2 Å². The molecule has 1 N–H and O–H groups in total. The first-order chi connectivity index (χ1) is 14.4. The van der Waals surface area contributed by atoms with E-state index in [4.69, 9.17) is 0 Å². The zero-order valence-corrected chi connectivity index (χ0v) is 18.7. The monoisotopic (exact) mass is 430 g/mol. The lowest BCUT2D eigenvalue weighted by atomic mass is 10.1. The Bertz CT molecular complexity index is 966. The van der Waals surface area contributed by atoms with Crippen LogP contribution < -0.4 is 10.2 Å². The molecule has 162 valence electrons. The molecule has 0 spiro atoms. The minimum Gasteiger partial charge on any atom is -0.371 e. The van der Waals surface area contributed by atoms with Crippen molar-refractivity contribution in [2.45, 2.75) is 44.6 Å². The maximum absolute atomic E-state index is 12.7. The summed E-state index contributed by atoms with van der Waals surface area (Å²) in [4.78, 5) is 19.4. The van der Waals surface area contributed by atoms with E-state index in [2.05, 4.69) is 15.2 Å². The Kier molecular flexibility index (Phi) is 7.10. The Morgan fingerprint density at radius 1 is 1.13 bits per heavy atom. The van der Waals surface area contributed by atoms with E-state index in [9.17, 15) is 13.2 Å². The highest BCUT2D eigenvalue weighted by molar-refractivity contribution is 7.89. The SMILES string of the molecule is CCN(CC)S(=O)(=O)c1ccc(C(C)NC(=O)c2cc(N3CCCC3)ccn2)cc1. The fourth-order valence-corrected chi connectivity index (χ4v) is 5.17.